The second kappa shape index (κ2) is 74.2. The number of hydrogen-bond acceptors (Lipinski definition) is 15. The fourth-order valence-electron chi connectivity index (χ4n) is 13.0. The second-order valence-corrected chi connectivity index (χ2v) is 34.3. The lowest BCUT2D eigenvalue weighted by atomic mass is 9.99. The molecule has 19 heteroatoms. The molecule has 0 rings (SSSR count). The van der Waals surface area contributed by atoms with E-state index in [0.29, 0.717) is 25.7 Å². The number of aliphatic hydroxyl groups excluding tert-OH is 1. The van der Waals surface area contributed by atoms with Crippen molar-refractivity contribution in [2.75, 3.05) is 39.6 Å². The summed E-state index contributed by atoms with van der Waals surface area (Å²) in [4.78, 5) is 73.2. The average Bonchev–Trinajstić information content (AvgIpc) is 0.908. The highest BCUT2D eigenvalue weighted by Gasteiger charge is 2.30. The molecule has 0 aromatic carbocycles. The summed E-state index contributed by atoms with van der Waals surface area (Å²) in [5.41, 5.74) is 0. The maximum absolute atomic E-state index is 13.1. The van der Waals surface area contributed by atoms with Crippen molar-refractivity contribution in [3.8, 4) is 0 Å². The molecule has 0 bridgehead atoms. The Morgan fingerprint density at radius 3 is 0.738 bits per heavy atom. The van der Waals surface area contributed by atoms with Gasteiger partial charge in [0.1, 0.15) is 19.3 Å². The fourth-order valence-corrected chi connectivity index (χ4v) is 14.6. The molecule has 17 nitrogen and oxygen atoms in total. The lowest BCUT2D eigenvalue weighted by molar-refractivity contribution is -0.161. The molecule has 3 N–H and O–H groups in total. The Bertz CT molecular complexity index is 1990. The van der Waals surface area contributed by atoms with Crippen molar-refractivity contribution < 1.29 is 80.2 Å². The van der Waals surface area contributed by atoms with Crippen LogP contribution in [0.25, 0.3) is 0 Å². The number of carbonyl (C=O) groups is 4. The summed E-state index contributed by atoms with van der Waals surface area (Å²) in [7, 11) is -9.93. The third kappa shape index (κ3) is 76.6. The van der Waals surface area contributed by atoms with Crippen molar-refractivity contribution in [2.24, 2.45) is 17.8 Å². The minimum atomic E-state index is -4.97. The van der Waals surface area contributed by atoms with Gasteiger partial charge in [-0.1, -0.05) is 389 Å². The van der Waals surface area contributed by atoms with Crippen molar-refractivity contribution >= 4 is 39.5 Å². The number of unbranched alkanes of at least 4 members (excludes halogenated alkanes) is 49. The molecule has 0 fully saturated rings. The Kier molecular flexibility index (Phi) is 72.8. The molecule has 0 aliphatic rings. The standard InChI is InChI=1S/C84H164O17P2/c1-8-10-11-12-13-14-15-24-32-37-46-53-60-67-83(88)101-80(72-95-82(87)66-59-52-45-40-39-43-50-57-64-77(7)9-2)74-99-103(92,93)97-70-78(85)69-96-102(90,91)98-73-79(100-84(89)68-61-54-47-38-33-28-23-19-17-21-26-30-35-42-49-56-63-76(5)6)71-94-81(86)65-58-51-44-36-31-27-22-18-16-20-25-29-34-41-48-55-62-75(3)4/h75-80,85H,8-74H2,1-7H3,(H,90,91)(H,92,93)/t77?,78-,79-,80-/m1/s1. The van der Waals surface area contributed by atoms with E-state index in [1.165, 1.54) is 250 Å². The predicted octanol–water partition coefficient (Wildman–Crippen LogP) is 25.3. The van der Waals surface area contributed by atoms with E-state index in [4.69, 9.17) is 37.0 Å². The number of hydrogen-bond donors (Lipinski definition) is 3. The molecule has 0 aliphatic heterocycles. The van der Waals surface area contributed by atoms with E-state index >= 15 is 0 Å². The van der Waals surface area contributed by atoms with Crippen LogP contribution in [0.5, 0.6) is 0 Å². The smallest absolute Gasteiger partial charge is 0.462 e. The minimum absolute atomic E-state index is 0.107. The average molecular weight is 1510 g/mol. The van der Waals surface area contributed by atoms with Gasteiger partial charge in [-0.3, -0.25) is 37.3 Å². The van der Waals surface area contributed by atoms with Crippen molar-refractivity contribution in [2.45, 2.75) is 458 Å². The van der Waals surface area contributed by atoms with Gasteiger partial charge in [0.15, 0.2) is 12.2 Å². The number of ether oxygens (including phenoxy) is 4. The summed E-state index contributed by atoms with van der Waals surface area (Å²) in [6, 6.07) is 0. The molecule has 612 valence electrons. The van der Waals surface area contributed by atoms with E-state index in [1.807, 2.05) is 0 Å². The SMILES string of the molecule is CCCCCCCCCCCCCCCC(=O)O[C@H](COC(=O)CCCCCCCCCCC(C)CC)COP(=O)(O)OC[C@H](O)COP(=O)(O)OC[C@@H](COC(=O)CCCCCCCCCCCCCCCCCCC(C)C)OC(=O)CCCCCCCCCCCCCCCCCCC(C)C. The number of phosphoric ester groups is 2. The summed E-state index contributed by atoms with van der Waals surface area (Å²) in [6.07, 6.45) is 63.7. The molecule has 0 spiro atoms. The Hall–Kier alpha value is -1.94. The maximum Gasteiger partial charge on any atom is 0.472 e. The third-order valence-corrected chi connectivity index (χ3v) is 21.9. The summed E-state index contributed by atoms with van der Waals surface area (Å²) in [5.74, 6) is 0.294. The number of carbonyl (C=O) groups excluding carboxylic acids is 4. The van der Waals surface area contributed by atoms with E-state index in [2.05, 4.69) is 48.5 Å². The van der Waals surface area contributed by atoms with Gasteiger partial charge in [0.05, 0.1) is 26.4 Å². The molecule has 0 heterocycles. The van der Waals surface area contributed by atoms with Gasteiger partial charge in [-0.2, -0.15) is 0 Å². The summed E-state index contributed by atoms with van der Waals surface area (Å²) >= 11 is 0. The topological polar surface area (TPSA) is 237 Å². The molecule has 0 aromatic rings. The van der Waals surface area contributed by atoms with Crippen LogP contribution in [0, 0.1) is 17.8 Å². The Morgan fingerprint density at radius 1 is 0.282 bits per heavy atom. The first-order chi connectivity index (χ1) is 49.8. The normalized spacial score (nSPS) is 14.2. The molecular formula is C84H164O17P2. The van der Waals surface area contributed by atoms with Crippen LogP contribution in [-0.2, 0) is 65.4 Å². The molecule has 0 radical (unpaired) electrons. The summed E-state index contributed by atoms with van der Waals surface area (Å²) < 4.78 is 68.8. The van der Waals surface area contributed by atoms with Gasteiger partial charge in [0.25, 0.3) is 0 Å². The van der Waals surface area contributed by atoms with Crippen LogP contribution in [0.2, 0.25) is 0 Å². The Morgan fingerprint density at radius 2 is 0.495 bits per heavy atom. The molecule has 0 aromatic heterocycles. The van der Waals surface area contributed by atoms with E-state index in [9.17, 15) is 43.2 Å². The van der Waals surface area contributed by atoms with Crippen LogP contribution in [0.4, 0.5) is 0 Å². The van der Waals surface area contributed by atoms with Gasteiger partial charge >= 0.3 is 39.5 Å². The third-order valence-electron chi connectivity index (χ3n) is 20.0. The highest BCUT2D eigenvalue weighted by atomic mass is 31.2. The van der Waals surface area contributed by atoms with E-state index in [1.54, 1.807) is 0 Å². The Labute approximate surface area is 632 Å². The van der Waals surface area contributed by atoms with E-state index in [-0.39, 0.29) is 25.7 Å². The first-order valence-corrected chi connectivity index (χ1v) is 46.4. The van der Waals surface area contributed by atoms with Crippen LogP contribution < -0.4 is 0 Å². The van der Waals surface area contributed by atoms with Crippen LogP contribution in [0.15, 0.2) is 0 Å². The fraction of sp³-hybridized carbons (Fsp3) is 0.952. The maximum atomic E-state index is 13.1. The van der Waals surface area contributed by atoms with Crippen LogP contribution in [-0.4, -0.2) is 96.7 Å². The van der Waals surface area contributed by atoms with Gasteiger partial charge in [-0.25, -0.2) is 9.13 Å². The largest absolute Gasteiger partial charge is 0.472 e. The first kappa shape index (κ1) is 101. The summed E-state index contributed by atoms with van der Waals surface area (Å²) in [5, 5.41) is 10.7. The lowest BCUT2D eigenvalue weighted by Crippen LogP contribution is -2.30. The van der Waals surface area contributed by atoms with Crippen molar-refractivity contribution in [3.63, 3.8) is 0 Å². The number of aliphatic hydroxyl groups is 1. The van der Waals surface area contributed by atoms with Crippen LogP contribution >= 0.6 is 15.6 Å². The molecule has 3 unspecified atom stereocenters. The zero-order chi connectivity index (χ0) is 75.8. The predicted molar refractivity (Wildman–Crippen MR) is 423 cm³/mol. The first-order valence-electron chi connectivity index (χ1n) is 43.4. The zero-order valence-corrected chi connectivity index (χ0v) is 69.6. The van der Waals surface area contributed by atoms with Crippen molar-refractivity contribution in [1.82, 2.24) is 0 Å². The second-order valence-electron chi connectivity index (χ2n) is 31.4. The van der Waals surface area contributed by atoms with Gasteiger partial charge < -0.3 is 33.8 Å². The Balaban J connectivity index is 5.25. The van der Waals surface area contributed by atoms with Gasteiger partial charge in [-0.15, -0.1) is 0 Å². The quantitative estimate of drug-likeness (QED) is 0.0222. The lowest BCUT2D eigenvalue weighted by Gasteiger charge is -2.21. The molecule has 0 aliphatic carbocycles. The summed E-state index contributed by atoms with van der Waals surface area (Å²) in [6.45, 7) is 12.0. The molecule has 6 atom stereocenters. The molecule has 103 heavy (non-hydrogen) atoms. The minimum Gasteiger partial charge on any atom is -0.462 e. The molecule has 0 saturated carbocycles. The van der Waals surface area contributed by atoms with Crippen LogP contribution in [0.3, 0.4) is 0 Å². The highest BCUT2D eigenvalue weighted by molar-refractivity contribution is 7.47. The van der Waals surface area contributed by atoms with Gasteiger partial charge in [0.2, 0.25) is 0 Å². The molecule has 0 saturated heterocycles. The van der Waals surface area contributed by atoms with E-state index < -0.39 is 97.5 Å². The molecule has 0 amide bonds. The van der Waals surface area contributed by atoms with Gasteiger partial charge in [0, 0.05) is 25.7 Å². The van der Waals surface area contributed by atoms with Crippen molar-refractivity contribution in [1.29, 1.82) is 0 Å². The van der Waals surface area contributed by atoms with Gasteiger partial charge in [-0.05, 0) is 43.4 Å². The van der Waals surface area contributed by atoms with Crippen molar-refractivity contribution in [3.05, 3.63) is 0 Å². The zero-order valence-electron chi connectivity index (χ0n) is 67.8. The van der Waals surface area contributed by atoms with Crippen LogP contribution in [0.1, 0.15) is 440 Å². The number of rotatable bonds is 82. The highest BCUT2D eigenvalue weighted by Crippen LogP contribution is 2.45. The number of esters is 4. The monoisotopic (exact) mass is 1510 g/mol. The molecular weight excluding hydrogens is 1340 g/mol. The number of phosphoric acid groups is 2. The van der Waals surface area contributed by atoms with E-state index in [0.717, 1.165) is 108 Å².